The zero-order valence-electron chi connectivity index (χ0n) is 11.7. The maximum absolute atomic E-state index is 12.5. The Hall–Kier alpha value is -2.95. The van der Waals surface area contributed by atoms with Gasteiger partial charge in [0.2, 0.25) is 0 Å². The van der Waals surface area contributed by atoms with Crippen molar-refractivity contribution in [3.05, 3.63) is 74.8 Å². The van der Waals surface area contributed by atoms with Crippen LogP contribution in [-0.4, -0.2) is 15.8 Å². The first kappa shape index (κ1) is 14.0. The second-order valence-corrected chi connectivity index (χ2v) is 5.16. The molecule has 2 aromatic rings. The normalized spacial score (nSPS) is 15.6. The summed E-state index contributed by atoms with van der Waals surface area (Å²) in [5, 5.41) is 20.3. The van der Waals surface area contributed by atoms with E-state index in [1.54, 1.807) is 18.2 Å². The van der Waals surface area contributed by atoms with E-state index in [9.17, 15) is 20.0 Å². The van der Waals surface area contributed by atoms with Gasteiger partial charge in [-0.25, -0.2) is 0 Å². The van der Waals surface area contributed by atoms with Crippen molar-refractivity contribution < 1.29 is 14.8 Å². The summed E-state index contributed by atoms with van der Waals surface area (Å²) in [6.07, 6.45) is 3.03. The number of aromatic hydroxyl groups is 1. The molecule has 0 saturated carbocycles. The molecule has 0 aromatic heterocycles. The van der Waals surface area contributed by atoms with Crippen LogP contribution in [0.25, 0.3) is 6.08 Å². The SMILES string of the molecule is O=C1/C(=C\c2ccc(O)c([N+](=O)[O-])c2)CCc2ccccc21. The zero-order valence-corrected chi connectivity index (χ0v) is 11.7. The van der Waals surface area contributed by atoms with Gasteiger partial charge < -0.3 is 5.11 Å². The minimum Gasteiger partial charge on any atom is -0.502 e. The number of phenols is 1. The first-order valence-corrected chi connectivity index (χ1v) is 6.87. The van der Waals surface area contributed by atoms with Gasteiger partial charge in [0, 0.05) is 17.2 Å². The molecule has 0 heterocycles. The summed E-state index contributed by atoms with van der Waals surface area (Å²) >= 11 is 0. The molecule has 0 saturated heterocycles. The summed E-state index contributed by atoms with van der Waals surface area (Å²) in [6.45, 7) is 0. The fraction of sp³-hybridized carbons (Fsp3) is 0.118. The number of hydrogen-bond donors (Lipinski definition) is 1. The van der Waals surface area contributed by atoms with Crippen LogP contribution in [0.2, 0.25) is 0 Å². The van der Waals surface area contributed by atoms with Crippen molar-refractivity contribution in [1.29, 1.82) is 0 Å². The molecule has 110 valence electrons. The summed E-state index contributed by atoms with van der Waals surface area (Å²) in [5.41, 5.74) is 2.51. The molecule has 1 aliphatic carbocycles. The van der Waals surface area contributed by atoms with Crippen molar-refractivity contribution in [2.45, 2.75) is 12.8 Å². The number of benzene rings is 2. The highest BCUT2D eigenvalue weighted by atomic mass is 16.6. The Labute approximate surface area is 126 Å². The molecule has 3 rings (SSSR count). The van der Waals surface area contributed by atoms with Crippen molar-refractivity contribution in [3.8, 4) is 5.75 Å². The highest BCUT2D eigenvalue weighted by molar-refractivity contribution is 6.13. The Morgan fingerprint density at radius 3 is 2.68 bits per heavy atom. The van der Waals surface area contributed by atoms with Gasteiger partial charge in [0.15, 0.2) is 11.5 Å². The van der Waals surface area contributed by atoms with Gasteiger partial charge in [-0.3, -0.25) is 14.9 Å². The molecule has 22 heavy (non-hydrogen) atoms. The van der Waals surface area contributed by atoms with Gasteiger partial charge in [0.05, 0.1) is 4.92 Å². The number of ketones is 1. The van der Waals surface area contributed by atoms with E-state index >= 15 is 0 Å². The third-order valence-corrected chi connectivity index (χ3v) is 3.75. The van der Waals surface area contributed by atoms with E-state index < -0.39 is 4.92 Å². The maximum atomic E-state index is 12.5. The van der Waals surface area contributed by atoms with Crippen LogP contribution < -0.4 is 0 Å². The van der Waals surface area contributed by atoms with E-state index in [-0.39, 0.29) is 17.2 Å². The van der Waals surface area contributed by atoms with Gasteiger partial charge in [0.1, 0.15) is 0 Å². The number of fused-ring (bicyclic) bond motifs is 1. The van der Waals surface area contributed by atoms with Gasteiger partial charge >= 0.3 is 5.69 Å². The molecule has 2 aromatic carbocycles. The average Bonchev–Trinajstić information content (AvgIpc) is 2.52. The summed E-state index contributed by atoms with van der Waals surface area (Å²) < 4.78 is 0. The smallest absolute Gasteiger partial charge is 0.311 e. The average molecular weight is 295 g/mol. The van der Waals surface area contributed by atoms with Gasteiger partial charge in [0.25, 0.3) is 0 Å². The van der Waals surface area contributed by atoms with Crippen LogP contribution in [0.15, 0.2) is 48.0 Å². The Kier molecular flexibility index (Phi) is 3.47. The van der Waals surface area contributed by atoms with Gasteiger partial charge in [-0.1, -0.05) is 30.3 Å². The molecule has 5 nitrogen and oxygen atoms in total. The van der Waals surface area contributed by atoms with Crippen molar-refractivity contribution in [1.82, 2.24) is 0 Å². The lowest BCUT2D eigenvalue weighted by Gasteiger charge is -2.17. The topological polar surface area (TPSA) is 80.4 Å². The summed E-state index contributed by atoms with van der Waals surface area (Å²) in [6, 6.07) is 11.6. The molecule has 0 radical (unpaired) electrons. The molecule has 0 aliphatic heterocycles. The standard InChI is InChI=1S/C17H13NO4/c19-16-8-5-11(10-15(16)18(21)22)9-13-7-6-12-3-1-2-4-14(12)17(13)20/h1-5,8-10,19H,6-7H2/b13-9-. The Morgan fingerprint density at radius 2 is 1.91 bits per heavy atom. The first-order valence-electron chi connectivity index (χ1n) is 6.87. The van der Waals surface area contributed by atoms with Gasteiger partial charge in [-0.15, -0.1) is 0 Å². The molecule has 0 fully saturated rings. The molecular formula is C17H13NO4. The van der Waals surface area contributed by atoms with Crippen LogP contribution in [0.4, 0.5) is 5.69 Å². The van der Waals surface area contributed by atoms with E-state index in [1.807, 2.05) is 18.2 Å². The van der Waals surface area contributed by atoms with Crippen LogP contribution in [0, 0.1) is 10.1 Å². The number of phenolic OH excluding ortho intramolecular Hbond substituents is 1. The number of allylic oxidation sites excluding steroid dienone is 1. The third-order valence-electron chi connectivity index (χ3n) is 3.75. The molecule has 0 unspecified atom stereocenters. The van der Waals surface area contributed by atoms with E-state index in [0.29, 0.717) is 23.1 Å². The molecular weight excluding hydrogens is 282 g/mol. The highest BCUT2D eigenvalue weighted by Crippen LogP contribution is 2.30. The second-order valence-electron chi connectivity index (χ2n) is 5.16. The largest absolute Gasteiger partial charge is 0.502 e. The molecule has 0 atom stereocenters. The third kappa shape index (κ3) is 2.48. The second kappa shape index (κ2) is 5.44. The summed E-state index contributed by atoms with van der Waals surface area (Å²) in [7, 11) is 0. The monoisotopic (exact) mass is 295 g/mol. The zero-order chi connectivity index (χ0) is 15.7. The summed E-state index contributed by atoms with van der Waals surface area (Å²) in [4.78, 5) is 22.7. The minimum absolute atomic E-state index is 0.0439. The fourth-order valence-electron chi connectivity index (χ4n) is 2.63. The van der Waals surface area contributed by atoms with Crippen molar-refractivity contribution in [2.24, 2.45) is 0 Å². The number of aryl methyl sites for hydroxylation is 1. The van der Waals surface area contributed by atoms with Crippen LogP contribution in [0.5, 0.6) is 5.75 Å². The molecule has 0 amide bonds. The predicted molar refractivity (Wildman–Crippen MR) is 81.8 cm³/mol. The summed E-state index contributed by atoms with van der Waals surface area (Å²) in [5.74, 6) is -0.426. The number of nitro groups is 1. The molecule has 0 spiro atoms. The molecule has 1 N–H and O–H groups in total. The van der Waals surface area contributed by atoms with Crippen LogP contribution in [0.1, 0.15) is 27.9 Å². The van der Waals surface area contributed by atoms with Crippen LogP contribution in [0.3, 0.4) is 0 Å². The Bertz CT molecular complexity index is 808. The Morgan fingerprint density at radius 1 is 1.14 bits per heavy atom. The molecule has 5 heteroatoms. The van der Waals surface area contributed by atoms with Crippen molar-refractivity contribution >= 4 is 17.5 Å². The molecule has 1 aliphatic rings. The van der Waals surface area contributed by atoms with E-state index in [4.69, 9.17) is 0 Å². The lowest BCUT2D eigenvalue weighted by atomic mass is 9.86. The number of nitro benzene ring substituents is 1. The van der Waals surface area contributed by atoms with Crippen LogP contribution in [-0.2, 0) is 6.42 Å². The van der Waals surface area contributed by atoms with Crippen LogP contribution >= 0.6 is 0 Å². The van der Waals surface area contributed by atoms with Crippen molar-refractivity contribution in [3.63, 3.8) is 0 Å². The number of hydrogen-bond acceptors (Lipinski definition) is 4. The van der Waals surface area contributed by atoms with Gasteiger partial charge in [-0.2, -0.15) is 0 Å². The lowest BCUT2D eigenvalue weighted by Crippen LogP contribution is -2.13. The maximum Gasteiger partial charge on any atom is 0.311 e. The van der Waals surface area contributed by atoms with E-state index in [2.05, 4.69) is 0 Å². The quantitative estimate of drug-likeness (QED) is 0.522. The van der Waals surface area contributed by atoms with E-state index in [1.165, 1.54) is 12.1 Å². The Balaban J connectivity index is 1.99. The first-order chi connectivity index (χ1) is 10.6. The predicted octanol–water partition coefficient (Wildman–Crippen LogP) is 3.51. The van der Waals surface area contributed by atoms with E-state index in [0.717, 1.165) is 12.0 Å². The van der Waals surface area contributed by atoms with Crippen molar-refractivity contribution in [2.75, 3.05) is 0 Å². The highest BCUT2D eigenvalue weighted by Gasteiger charge is 2.21. The number of carbonyl (C=O) groups excluding carboxylic acids is 1. The number of Topliss-reactive ketones (excluding diaryl/α,β-unsaturated/α-hetero) is 1. The van der Waals surface area contributed by atoms with Gasteiger partial charge in [-0.05, 0) is 36.1 Å². The number of rotatable bonds is 2. The fourth-order valence-corrected chi connectivity index (χ4v) is 2.63. The number of nitrogens with zero attached hydrogens (tertiary/aromatic N) is 1. The minimum atomic E-state index is -0.644. The lowest BCUT2D eigenvalue weighted by molar-refractivity contribution is -0.385. The molecule has 0 bridgehead atoms. The number of carbonyl (C=O) groups is 1.